The van der Waals surface area contributed by atoms with Gasteiger partial charge in [-0.15, -0.1) is 10.2 Å². The van der Waals surface area contributed by atoms with Gasteiger partial charge >= 0.3 is 0 Å². The zero-order valence-electron chi connectivity index (χ0n) is 12.2. The largest absolute Gasteiger partial charge is 0.508 e. The summed E-state index contributed by atoms with van der Waals surface area (Å²) < 4.78 is 0. The van der Waals surface area contributed by atoms with Gasteiger partial charge in [-0.1, -0.05) is 17.7 Å². The number of H-pyrrole nitrogens is 1. The highest BCUT2D eigenvalue weighted by molar-refractivity contribution is 7.80. The number of aromatic nitrogens is 1. The molecule has 1 heterocycles. The molecule has 0 amide bonds. The molecule has 4 N–H and O–H groups in total. The first-order valence-corrected chi connectivity index (χ1v) is 7.27. The topological polar surface area (TPSA) is 93.0 Å². The molecule has 0 aliphatic rings. The monoisotopic (exact) mass is 326 g/mol. The zero-order valence-corrected chi connectivity index (χ0v) is 13.1. The van der Waals surface area contributed by atoms with E-state index < -0.39 is 0 Å². The molecule has 3 aromatic rings. The zero-order chi connectivity index (χ0) is 16.4. The summed E-state index contributed by atoms with van der Waals surface area (Å²) in [4.78, 5) is 2.84. The lowest BCUT2D eigenvalue weighted by Crippen LogP contribution is -2.04. The maximum Gasteiger partial charge on any atom is 0.218 e. The molecular formula is C16H14N4O2S. The number of hydrogen-bond donors (Lipinski definition) is 4. The summed E-state index contributed by atoms with van der Waals surface area (Å²) >= 11 is 5.10. The molecule has 3 rings (SSSR count). The van der Waals surface area contributed by atoms with Crippen LogP contribution in [-0.4, -0.2) is 20.3 Å². The maximum absolute atomic E-state index is 9.96. The van der Waals surface area contributed by atoms with Gasteiger partial charge in [-0.3, -0.25) is 0 Å². The number of thiocarbonyl (C=S) groups is 1. The van der Waals surface area contributed by atoms with Crippen LogP contribution in [0, 0.1) is 6.92 Å². The quantitative estimate of drug-likeness (QED) is 0.415. The molecule has 1 aromatic heterocycles. The molecule has 0 aliphatic heterocycles. The predicted molar refractivity (Wildman–Crippen MR) is 93.5 cm³/mol. The minimum atomic E-state index is -0.0606. The van der Waals surface area contributed by atoms with Crippen molar-refractivity contribution in [2.24, 2.45) is 10.2 Å². The molecule has 2 aromatic carbocycles. The van der Waals surface area contributed by atoms with Crippen molar-refractivity contribution in [2.75, 3.05) is 5.32 Å². The van der Waals surface area contributed by atoms with Crippen molar-refractivity contribution in [1.82, 2.24) is 4.98 Å². The highest BCUT2D eigenvalue weighted by atomic mass is 32.1. The van der Waals surface area contributed by atoms with Crippen LogP contribution in [0.4, 0.5) is 11.4 Å². The fraction of sp³-hybridized carbons (Fsp3) is 0.0625. The first-order valence-electron chi connectivity index (χ1n) is 6.86. The average molecular weight is 326 g/mol. The van der Waals surface area contributed by atoms with Gasteiger partial charge in [0.05, 0.1) is 5.52 Å². The first kappa shape index (κ1) is 15.0. The standard InChI is InChI=1S/C16H14N4O2S/c1-9-5-6-13-12(7-9)14(15(22)18-13)19-20-16(23)17-10-3-2-4-11(21)8-10/h2-8,18,21-22H,1H3,(H,17,23). The number of aromatic amines is 1. The molecular weight excluding hydrogens is 312 g/mol. The Labute approximate surface area is 137 Å². The van der Waals surface area contributed by atoms with Crippen LogP contribution in [0.2, 0.25) is 0 Å². The number of benzene rings is 2. The van der Waals surface area contributed by atoms with Crippen LogP contribution in [0.15, 0.2) is 52.7 Å². The molecule has 0 aliphatic carbocycles. The van der Waals surface area contributed by atoms with Crippen molar-refractivity contribution in [3.8, 4) is 11.6 Å². The second-order valence-corrected chi connectivity index (χ2v) is 5.44. The van der Waals surface area contributed by atoms with E-state index in [4.69, 9.17) is 12.2 Å². The summed E-state index contributed by atoms with van der Waals surface area (Å²) in [5.41, 5.74) is 2.76. The van der Waals surface area contributed by atoms with E-state index in [-0.39, 0.29) is 16.7 Å². The summed E-state index contributed by atoms with van der Waals surface area (Å²) in [6.45, 7) is 1.96. The van der Waals surface area contributed by atoms with E-state index in [1.165, 1.54) is 6.07 Å². The molecule has 0 atom stereocenters. The number of fused-ring (bicyclic) bond motifs is 1. The Hall–Kier alpha value is -2.93. The number of hydrogen-bond acceptors (Lipinski definition) is 4. The number of aromatic hydroxyl groups is 2. The van der Waals surface area contributed by atoms with Crippen LogP contribution in [0.5, 0.6) is 11.6 Å². The van der Waals surface area contributed by atoms with E-state index in [0.717, 1.165) is 16.5 Å². The molecule has 7 heteroatoms. The molecule has 0 fully saturated rings. The Kier molecular flexibility index (Phi) is 3.94. The van der Waals surface area contributed by atoms with Crippen molar-refractivity contribution in [3.63, 3.8) is 0 Å². The number of rotatable bonds is 2. The lowest BCUT2D eigenvalue weighted by Gasteiger charge is -2.03. The Morgan fingerprint density at radius 1 is 1.17 bits per heavy atom. The van der Waals surface area contributed by atoms with Gasteiger partial charge in [-0.2, -0.15) is 0 Å². The molecule has 6 nitrogen and oxygen atoms in total. The highest BCUT2D eigenvalue weighted by Crippen LogP contribution is 2.35. The summed E-state index contributed by atoms with van der Waals surface area (Å²) in [6, 6.07) is 12.2. The normalized spacial score (nSPS) is 11.2. The summed E-state index contributed by atoms with van der Waals surface area (Å²) in [5, 5.41) is 31.1. The fourth-order valence-electron chi connectivity index (χ4n) is 2.21. The maximum atomic E-state index is 9.96. The second kappa shape index (κ2) is 6.05. The third kappa shape index (κ3) is 3.29. The van der Waals surface area contributed by atoms with E-state index in [1.54, 1.807) is 18.2 Å². The number of phenolic OH excluding ortho intramolecular Hbond substituents is 1. The predicted octanol–water partition coefficient (Wildman–Crippen LogP) is 4.37. The number of aryl methyl sites for hydroxylation is 1. The number of nitrogens with one attached hydrogen (secondary N) is 2. The number of anilines is 1. The minimum Gasteiger partial charge on any atom is -0.508 e. The third-order valence-corrected chi connectivity index (χ3v) is 3.43. The van der Waals surface area contributed by atoms with E-state index in [1.807, 2.05) is 25.1 Å². The van der Waals surface area contributed by atoms with Gasteiger partial charge in [-0.05, 0) is 43.4 Å². The first-order chi connectivity index (χ1) is 11.0. The van der Waals surface area contributed by atoms with Crippen LogP contribution < -0.4 is 5.32 Å². The Bertz CT molecular complexity index is 918. The van der Waals surface area contributed by atoms with E-state index in [2.05, 4.69) is 20.5 Å². The molecule has 0 spiro atoms. The van der Waals surface area contributed by atoms with E-state index in [0.29, 0.717) is 11.4 Å². The lowest BCUT2D eigenvalue weighted by molar-refractivity contribution is 0.459. The van der Waals surface area contributed by atoms with Crippen molar-refractivity contribution >= 4 is 39.6 Å². The molecule has 0 saturated heterocycles. The Morgan fingerprint density at radius 3 is 2.78 bits per heavy atom. The Morgan fingerprint density at radius 2 is 2.00 bits per heavy atom. The van der Waals surface area contributed by atoms with Crippen molar-refractivity contribution < 1.29 is 10.2 Å². The fourth-order valence-corrected chi connectivity index (χ4v) is 2.36. The van der Waals surface area contributed by atoms with Crippen LogP contribution in [0.1, 0.15) is 5.56 Å². The SMILES string of the molecule is Cc1ccc2[nH]c(O)c(N=NC(=S)Nc3cccc(O)c3)c2c1. The van der Waals surface area contributed by atoms with Crippen LogP contribution >= 0.6 is 12.2 Å². The molecule has 0 radical (unpaired) electrons. The van der Waals surface area contributed by atoms with Gasteiger partial charge in [0.2, 0.25) is 11.0 Å². The van der Waals surface area contributed by atoms with Crippen molar-refractivity contribution in [3.05, 3.63) is 48.0 Å². The third-order valence-electron chi connectivity index (χ3n) is 3.25. The molecule has 23 heavy (non-hydrogen) atoms. The number of nitrogens with zero attached hydrogens (tertiary/aromatic N) is 2. The summed E-state index contributed by atoms with van der Waals surface area (Å²) in [6.07, 6.45) is 0. The highest BCUT2D eigenvalue weighted by Gasteiger charge is 2.10. The van der Waals surface area contributed by atoms with Crippen molar-refractivity contribution in [1.29, 1.82) is 0 Å². The molecule has 0 unspecified atom stereocenters. The van der Waals surface area contributed by atoms with E-state index in [9.17, 15) is 10.2 Å². The minimum absolute atomic E-state index is 0.0606. The van der Waals surface area contributed by atoms with Gasteiger partial charge in [0.15, 0.2) is 5.69 Å². The van der Waals surface area contributed by atoms with Gasteiger partial charge in [0, 0.05) is 17.1 Å². The number of phenols is 1. The number of azo groups is 1. The second-order valence-electron chi connectivity index (χ2n) is 5.05. The van der Waals surface area contributed by atoms with Crippen LogP contribution in [0.25, 0.3) is 10.9 Å². The van der Waals surface area contributed by atoms with Gasteiger partial charge in [-0.25, -0.2) is 0 Å². The smallest absolute Gasteiger partial charge is 0.218 e. The lowest BCUT2D eigenvalue weighted by atomic mass is 10.2. The van der Waals surface area contributed by atoms with Crippen LogP contribution in [0.3, 0.4) is 0 Å². The molecule has 116 valence electrons. The average Bonchev–Trinajstić information content (AvgIpc) is 2.80. The Balaban J connectivity index is 1.83. The molecule has 0 bridgehead atoms. The van der Waals surface area contributed by atoms with Gasteiger partial charge in [0.25, 0.3) is 0 Å². The van der Waals surface area contributed by atoms with Gasteiger partial charge < -0.3 is 20.5 Å². The van der Waals surface area contributed by atoms with Gasteiger partial charge in [0.1, 0.15) is 5.75 Å². The van der Waals surface area contributed by atoms with Crippen LogP contribution in [-0.2, 0) is 0 Å². The summed E-state index contributed by atoms with van der Waals surface area (Å²) in [5.74, 6) is 0.0639. The molecule has 0 saturated carbocycles. The van der Waals surface area contributed by atoms with Crippen molar-refractivity contribution in [2.45, 2.75) is 6.92 Å². The summed E-state index contributed by atoms with van der Waals surface area (Å²) in [7, 11) is 0. The van der Waals surface area contributed by atoms with E-state index >= 15 is 0 Å².